The van der Waals surface area contributed by atoms with Crippen LogP contribution in [-0.4, -0.2) is 18.2 Å². The number of aryl methyl sites for hydroxylation is 1. The molecule has 0 radical (unpaired) electrons. The third-order valence-corrected chi connectivity index (χ3v) is 3.06. The van der Waals surface area contributed by atoms with E-state index in [0.717, 1.165) is 5.56 Å². The first-order valence-electron chi connectivity index (χ1n) is 6.31. The third-order valence-electron chi connectivity index (χ3n) is 3.06. The number of carboxylic acid groups (broad SMARTS) is 1. The first-order chi connectivity index (χ1) is 9.60. The molecule has 4 heteroatoms. The molecule has 20 heavy (non-hydrogen) atoms. The first-order valence-corrected chi connectivity index (χ1v) is 6.31. The molecule has 0 aliphatic rings. The van der Waals surface area contributed by atoms with Crippen molar-refractivity contribution in [2.45, 2.75) is 13.5 Å². The molecule has 0 saturated carbocycles. The molecule has 2 aromatic carbocycles. The molecular formula is C16H17NO3. The van der Waals surface area contributed by atoms with E-state index in [1.165, 1.54) is 5.56 Å². The van der Waals surface area contributed by atoms with Gasteiger partial charge in [-0.15, -0.1) is 0 Å². The fourth-order valence-corrected chi connectivity index (χ4v) is 1.89. The lowest BCUT2D eigenvalue weighted by Crippen LogP contribution is -2.06. The van der Waals surface area contributed by atoms with Crippen molar-refractivity contribution in [3.05, 3.63) is 59.2 Å². The highest BCUT2D eigenvalue weighted by Gasteiger charge is 2.10. The van der Waals surface area contributed by atoms with Crippen LogP contribution in [0.2, 0.25) is 0 Å². The van der Waals surface area contributed by atoms with Crippen LogP contribution in [0.1, 0.15) is 21.5 Å². The molecule has 104 valence electrons. The summed E-state index contributed by atoms with van der Waals surface area (Å²) in [5.74, 6) is -0.333. The van der Waals surface area contributed by atoms with Gasteiger partial charge in [0.2, 0.25) is 0 Å². The minimum absolute atomic E-state index is 0.234. The van der Waals surface area contributed by atoms with Crippen LogP contribution in [0.3, 0.4) is 0 Å². The van der Waals surface area contributed by atoms with Crippen molar-refractivity contribution in [2.24, 2.45) is 0 Å². The Labute approximate surface area is 118 Å². The Morgan fingerprint density at radius 3 is 2.50 bits per heavy atom. The Morgan fingerprint density at radius 1 is 1.20 bits per heavy atom. The van der Waals surface area contributed by atoms with Gasteiger partial charge >= 0.3 is 5.97 Å². The van der Waals surface area contributed by atoms with E-state index in [-0.39, 0.29) is 5.56 Å². The van der Waals surface area contributed by atoms with Gasteiger partial charge in [0, 0.05) is 12.6 Å². The highest BCUT2D eigenvalue weighted by atomic mass is 16.5. The number of benzene rings is 2. The number of carbonyl (C=O) groups is 1. The summed E-state index contributed by atoms with van der Waals surface area (Å²) in [6, 6.07) is 13.0. The zero-order chi connectivity index (χ0) is 14.5. The summed E-state index contributed by atoms with van der Waals surface area (Å²) in [5, 5.41) is 12.3. The topological polar surface area (TPSA) is 58.6 Å². The minimum atomic E-state index is -0.959. The second kappa shape index (κ2) is 6.10. The smallest absolute Gasteiger partial charge is 0.337 e. The van der Waals surface area contributed by atoms with Crippen LogP contribution >= 0.6 is 0 Å². The molecule has 0 fully saturated rings. The molecule has 2 rings (SSSR count). The van der Waals surface area contributed by atoms with E-state index in [1.807, 2.05) is 31.2 Å². The van der Waals surface area contributed by atoms with Gasteiger partial charge in [-0.3, -0.25) is 0 Å². The number of ether oxygens (including phenoxy) is 1. The molecule has 2 N–H and O–H groups in total. The second-order valence-electron chi connectivity index (χ2n) is 4.56. The van der Waals surface area contributed by atoms with Crippen LogP contribution in [0.4, 0.5) is 5.69 Å². The summed E-state index contributed by atoms with van der Waals surface area (Å²) in [6.07, 6.45) is 0. The predicted octanol–water partition coefficient (Wildman–Crippen LogP) is 3.31. The van der Waals surface area contributed by atoms with E-state index < -0.39 is 5.97 Å². The van der Waals surface area contributed by atoms with E-state index >= 15 is 0 Å². The number of hydrogen-bond acceptors (Lipinski definition) is 3. The maximum Gasteiger partial charge on any atom is 0.337 e. The Bertz CT molecular complexity index is 606. The van der Waals surface area contributed by atoms with Gasteiger partial charge in [-0.25, -0.2) is 4.79 Å². The van der Waals surface area contributed by atoms with Gasteiger partial charge < -0.3 is 15.2 Å². The number of nitrogens with one attached hydrogen (secondary N) is 1. The van der Waals surface area contributed by atoms with Crippen LogP contribution in [0.5, 0.6) is 5.75 Å². The summed E-state index contributed by atoms with van der Waals surface area (Å²) in [6.45, 7) is 2.59. The van der Waals surface area contributed by atoms with Crippen LogP contribution in [0.25, 0.3) is 0 Å². The SMILES string of the molecule is COc1ccc(C(=O)O)c(NCc2ccc(C)cc2)c1. The van der Waals surface area contributed by atoms with Gasteiger partial charge in [0.1, 0.15) is 5.75 Å². The van der Waals surface area contributed by atoms with Crippen molar-refractivity contribution in [3.63, 3.8) is 0 Å². The third kappa shape index (κ3) is 3.29. The van der Waals surface area contributed by atoms with Gasteiger partial charge in [0.05, 0.1) is 18.4 Å². The first kappa shape index (κ1) is 13.9. The lowest BCUT2D eigenvalue weighted by Gasteiger charge is -2.11. The number of rotatable bonds is 5. The van der Waals surface area contributed by atoms with Crippen molar-refractivity contribution >= 4 is 11.7 Å². The Balaban J connectivity index is 2.18. The van der Waals surface area contributed by atoms with Crippen LogP contribution in [-0.2, 0) is 6.54 Å². The molecule has 2 aromatic rings. The molecule has 0 aliphatic heterocycles. The van der Waals surface area contributed by atoms with Crippen LogP contribution in [0, 0.1) is 6.92 Å². The molecule has 0 aliphatic carbocycles. The van der Waals surface area contributed by atoms with Crippen molar-refractivity contribution in [2.75, 3.05) is 12.4 Å². The molecule has 0 bridgehead atoms. The molecule has 0 heterocycles. The number of aromatic carboxylic acids is 1. The van der Waals surface area contributed by atoms with E-state index in [2.05, 4.69) is 5.32 Å². The number of carboxylic acids is 1. The van der Waals surface area contributed by atoms with Crippen molar-refractivity contribution in [3.8, 4) is 5.75 Å². The molecule has 4 nitrogen and oxygen atoms in total. The largest absolute Gasteiger partial charge is 0.497 e. The van der Waals surface area contributed by atoms with Crippen molar-refractivity contribution in [1.82, 2.24) is 0 Å². The van der Waals surface area contributed by atoms with E-state index in [1.54, 1.807) is 25.3 Å². The second-order valence-corrected chi connectivity index (χ2v) is 4.56. The normalized spacial score (nSPS) is 10.1. The summed E-state index contributed by atoms with van der Waals surface area (Å²) in [7, 11) is 1.56. The van der Waals surface area contributed by atoms with Crippen molar-refractivity contribution in [1.29, 1.82) is 0 Å². The fraction of sp³-hybridized carbons (Fsp3) is 0.188. The predicted molar refractivity (Wildman–Crippen MR) is 78.5 cm³/mol. The van der Waals surface area contributed by atoms with Gasteiger partial charge in [-0.2, -0.15) is 0 Å². The zero-order valence-electron chi connectivity index (χ0n) is 11.5. The Kier molecular flexibility index (Phi) is 4.25. The standard InChI is InChI=1S/C16H17NO3/c1-11-3-5-12(6-4-11)10-17-15-9-13(20-2)7-8-14(15)16(18)19/h3-9,17H,10H2,1-2H3,(H,18,19). The lowest BCUT2D eigenvalue weighted by atomic mass is 10.1. The molecular weight excluding hydrogens is 254 g/mol. The average Bonchev–Trinajstić information content (AvgIpc) is 2.46. The van der Waals surface area contributed by atoms with Crippen LogP contribution < -0.4 is 10.1 Å². The zero-order valence-corrected chi connectivity index (χ0v) is 11.5. The summed E-state index contributed by atoms with van der Waals surface area (Å²) in [4.78, 5) is 11.2. The van der Waals surface area contributed by atoms with Gasteiger partial charge in [0.15, 0.2) is 0 Å². The molecule has 0 aromatic heterocycles. The fourth-order valence-electron chi connectivity index (χ4n) is 1.89. The van der Waals surface area contributed by atoms with Gasteiger partial charge in [-0.05, 0) is 24.6 Å². The number of anilines is 1. The quantitative estimate of drug-likeness (QED) is 0.876. The lowest BCUT2D eigenvalue weighted by molar-refractivity contribution is 0.0698. The molecule has 0 atom stereocenters. The monoisotopic (exact) mass is 271 g/mol. The van der Waals surface area contributed by atoms with Crippen molar-refractivity contribution < 1.29 is 14.6 Å². The average molecular weight is 271 g/mol. The highest BCUT2D eigenvalue weighted by Crippen LogP contribution is 2.23. The van der Waals surface area contributed by atoms with E-state index in [0.29, 0.717) is 18.0 Å². The Morgan fingerprint density at radius 2 is 1.90 bits per heavy atom. The maximum absolute atomic E-state index is 11.2. The minimum Gasteiger partial charge on any atom is -0.497 e. The van der Waals surface area contributed by atoms with Gasteiger partial charge in [0.25, 0.3) is 0 Å². The molecule has 0 saturated heterocycles. The maximum atomic E-state index is 11.2. The molecule has 0 amide bonds. The Hall–Kier alpha value is -2.49. The molecule has 0 unspecified atom stereocenters. The summed E-state index contributed by atoms with van der Waals surface area (Å²) >= 11 is 0. The highest BCUT2D eigenvalue weighted by molar-refractivity contribution is 5.94. The number of methoxy groups -OCH3 is 1. The van der Waals surface area contributed by atoms with E-state index in [4.69, 9.17) is 4.74 Å². The molecule has 0 spiro atoms. The van der Waals surface area contributed by atoms with Crippen LogP contribution in [0.15, 0.2) is 42.5 Å². The number of hydrogen-bond donors (Lipinski definition) is 2. The van der Waals surface area contributed by atoms with E-state index in [9.17, 15) is 9.90 Å². The van der Waals surface area contributed by atoms with Gasteiger partial charge in [-0.1, -0.05) is 29.8 Å². The summed E-state index contributed by atoms with van der Waals surface area (Å²) < 4.78 is 5.12. The summed E-state index contributed by atoms with van der Waals surface area (Å²) in [5.41, 5.74) is 3.08.